The average molecular weight is 428 g/mol. The van der Waals surface area contributed by atoms with Crippen LogP contribution in [-0.4, -0.2) is 11.5 Å². The zero-order valence-electron chi connectivity index (χ0n) is 15.8. The van der Waals surface area contributed by atoms with Crippen LogP contribution in [0.15, 0.2) is 91.0 Å². The SMILES string of the molecule is BrCCCC[P+](c1ccccc1)(c1ccccc1)c1ccccc1.CC. The Labute approximate surface area is 168 Å². The lowest BCUT2D eigenvalue weighted by atomic mass is 10.3. The summed E-state index contributed by atoms with van der Waals surface area (Å²) in [6, 6.07) is 33.4. The van der Waals surface area contributed by atoms with Gasteiger partial charge in [-0.15, -0.1) is 0 Å². The van der Waals surface area contributed by atoms with Gasteiger partial charge in [0.1, 0.15) is 23.2 Å². The Morgan fingerprint density at radius 1 is 0.577 bits per heavy atom. The van der Waals surface area contributed by atoms with E-state index in [4.69, 9.17) is 0 Å². The van der Waals surface area contributed by atoms with Crippen molar-refractivity contribution >= 4 is 39.1 Å². The molecule has 136 valence electrons. The van der Waals surface area contributed by atoms with Gasteiger partial charge in [0.2, 0.25) is 0 Å². The van der Waals surface area contributed by atoms with Gasteiger partial charge < -0.3 is 0 Å². The molecule has 0 spiro atoms. The minimum Gasteiger partial charge on any atom is -0.0928 e. The monoisotopic (exact) mass is 427 g/mol. The number of halogens is 1. The number of benzene rings is 3. The fourth-order valence-corrected chi connectivity index (χ4v) is 8.13. The summed E-state index contributed by atoms with van der Waals surface area (Å²) in [6.07, 6.45) is 3.67. The van der Waals surface area contributed by atoms with Gasteiger partial charge in [0, 0.05) is 5.33 Å². The van der Waals surface area contributed by atoms with Crippen LogP contribution in [0.5, 0.6) is 0 Å². The van der Waals surface area contributed by atoms with E-state index in [2.05, 4.69) is 107 Å². The minimum absolute atomic E-state index is 1.07. The van der Waals surface area contributed by atoms with Crippen LogP contribution in [0.25, 0.3) is 0 Å². The van der Waals surface area contributed by atoms with Crippen LogP contribution >= 0.6 is 23.2 Å². The van der Waals surface area contributed by atoms with E-state index in [0.29, 0.717) is 0 Å². The van der Waals surface area contributed by atoms with E-state index >= 15 is 0 Å². The molecule has 0 atom stereocenters. The molecule has 0 radical (unpaired) electrons. The van der Waals surface area contributed by atoms with Crippen LogP contribution < -0.4 is 15.9 Å². The lowest BCUT2D eigenvalue weighted by Crippen LogP contribution is -2.33. The zero-order chi connectivity index (χ0) is 18.7. The Morgan fingerprint density at radius 3 is 1.23 bits per heavy atom. The lowest BCUT2D eigenvalue weighted by molar-refractivity contribution is 0.908. The molecule has 26 heavy (non-hydrogen) atoms. The molecule has 3 rings (SSSR count). The molecule has 0 heterocycles. The van der Waals surface area contributed by atoms with Crippen LogP contribution in [0.3, 0.4) is 0 Å². The Kier molecular flexibility index (Phi) is 9.09. The third kappa shape index (κ3) is 4.84. The van der Waals surface area contributed by atoms with Crippen molar-refractivity contribution in [3.05, 3.63) is 91.0 Å². The summed E-state index contributed by atoms with van der Waals surface area (Å²) in [4.78, 5) is 0. The van der Waals surface area contributed by atoms with Gasteiger partial charge in [-0.25, -0.2) is 0 Å². The molecule has 0 bridgehead atoms. The van der Waals surface area contributed by atoms with Gasteiger partial charge in [-0.2, -0.15) is 0 Å². The van der Waals surface area contributed by atoms with Crippen LogP contribution in [0.1, 0.15) is 26.7 Å². The molecule has 0 N–H and O–H groups in total. The highest BCUT2D eigenvalue weighted by Crippen LogP contribution is 2.55. The summed E-state index contributed by atoms with van der Waals surface area (Å²) in [5.41, 5.74) is 0. The fourth-order valence-electron chi connectivity index (χ4n) is 3.33. The van der Waals surface area contributed by atoms with Crippen molar-refractivity contribution in [2.24, 2.45) is 0 Å². The number of hydrogen-bond acceptors (Lipinski definition) is 0. The largest absolute Gasteiger partial charge is 0.112 e. The molecule has 0 saturated heterocycles. The Morgan fingerprint density at radius 2 is 0.923 bits per heavy atom. The molecule has 0 fully saturated rings. The highest BCUT2D eigenvalue weighted by molar-refractivity contribution is 9.09. The first-order valence-electron chi connectivity index (χ1n) is 9.49. The van der Waals surface area contributed by atoms with Crippen LogP contribution in [0, 0.1) is 0 Å². The Balaban J connectivity index is 0.00000117. The normalized spacial score (nSPS) is 10.7. The summed E-state index contributed by atoms with van der Waals surface area (Å²) in [6.45, 7) is 4.00. The van der Waals surface area contributed by atoms with Gasteiger partial charge in [-0.1, -0.05) is 84.4 Å². The van der Waals surface area contributed by atoms with Gasteiger partial charge in [0.15, 0.2) is 0 Å². The predicted octanol–water partition coefficient (Wildman–Crippen LogP) is 6.18. The molecular weight excluding hydrogens is 399 g/mol. The minimum atomic E-state index is -1.60. The molecule has 3 aromatic carbocycles. The maximum atomic E-state index is 3.60. The molecule has 0 aliphatic carbocycles. The number of rotatable bonds is 7. The molecule has 0 nitrogen and oxygen atoms in total. The summed E-state index contributed by atoms with van der Waals surface area (Å²) >= 11 is 3.60. The van der Waals surface area contributed by atoms with Gasteiger partial charge >= 0.3 is 0 Å². The van der Waals surface area contributed by atoms with Crippen molar-refractivity contribution in [3.8, 4) is 0 Å². The number of alkyl halides is 1. The summed E-state index contributed by atoms with van der Waals surface area (Å²) in [7, 11) is -1.60. The van der Waals surface area contributed by atoms with Crippen molar-refractivity contribution in [1.82, 2.24) is 0 Å². The van der Waals surface area contributed by atoms with E-state index < -0.39 is 7.26 Å². The van der Waals surface area contributed by atoms with E-state index in [1.165, 1.54) is 34.9 Å². The molecule has 2 heteroatoms. The van der Waals surface area contributed by atoms with E-state index in [-0.39, 0.29) is 0 Å². The summed E-state index contributed by atoms with van der Waals surface area (Å²) in [5.74, 6) is 0. The third-order valence-electron chi connectivity index (χ3n) is 4.47. The molecule has 0 aliphatic rings. The molecule has 0 amide bonds. The summed E-state index contributed by atoms with van der Waals surface area (Å²) in [5, 5.41) is 5.52. The van der Waals surface area contributed by atoms with E-state index in [0.717, 1.165) is 5.33 Å². The maximum Gasteiger partial charge on any atom is 0.112 e. The van der Waals surface area contributed by atoms with Crippen LogP contribution in [0.4, 0.5) is 0 Å². The van der Waals surface area contributed by atoms with Gasteiger partial charge in [-0.3, -0.25) is 0 Å². The van der Waals surface area contributed by atoms with Crippen LogP contribution in [-0.2, 0) is 0 Å². The van der Waals surface area contributed by atoms with Crippen molar-refractivity contribution < 1.29 is 0 Å². The van der Waals surface area contributed by atoms with Crippen LogP contribution in [0.2, 0.25) is 0 Å². The van der Waals surface area contributed by atoms with E-state index in [1.54, 1.807) is 0 Å². The molecule has 0 saturated carbocycles. The number of unbranched alkanes of at least 4 members (excludes halogenated alkanes) is 1. The highest BCUT2D eigenvalue weighted by Gasteiger charge is 2.44. The first-order chi connectivity index (χ1) is 12.9. The molecule has 0 aliphatic heterocycles. The molecular formula is C24H29BrP+. The third-order valence-corrected chi connectivity index (χ3v) is 9.55. The van der Waals surface area contributed by atoms with Crippen molar-refractivity contribution in [2.45, 2.75) is 26.7 Å². The highest BCUT2D eigenvalue weighted by atomic mass is 79.9. The second kappa shape index (κ2) is 11.3. The van der Waals surface area contributed by atoms with Crippen molar-refractivity contribution in [3.63, 3.8) is 0 Å². The van der Waals surface area contributed by atoms with E-state index in [1.807, 2.05) is 13.8 Å². The zero-order valence-corrected chi connectivity index (χ0v) is 18.3. The summed E-state index contributed by atoms with van der Waals surface area (Å²) < 4.78 is 0. The first kappa shape index (κ1) is 20.9. The first-order valence-corrected chi connectivity index (χ1v) is 12.6. The smallest absolute Gasteiger partial charge is 0.0928 e. The Hall–Kier alpha value is -1.43. The van der Waals surface area contributed by atoms with Gasteiger partial charge in [0.25, 0.3) is 0 Å². The van der Waals surface area contributed by atoms with Gasteiger partial charge in [0.05, 0.1) is 6.16 Å². The standard InChI is InChI=1S/C22H23BrP.C2H6/c23-18-10-11-19-24(20-12-4-1-5-13-20,21-14-6-2-7-15-21)22-16-8-3-9-17-22;1-2/h1-9,12-17H,10-11,18-19H2;1-2H3/q+1;. The predicted molar refractivity (Wildman–Crippen MR) is 124 cm³/mol. The van der Waals surface area contributed by atoms with E-state index in [9.17, 15) is 0 Å². The maximum absolute atomic E-state index is 3.60. The van der Waals surface area contributed by atoms with Crippen molar-refractivity contribution in [2.75, 3.05) is 11.5 Å². The quantitative estimate of drug-likeness (QED) is 0.239. The topological polar surface area (TPSA) is 0 Å². The van der Waals surface area contributed by atoms with Gasteiger partial charge in [-0.05, 0) is 49.2 Å². The lowest BCUT2D eigenvalue weighted by Gasteiger charge is -2.27. The second-order valence-corrected chi connectivity index (χ2v) is 10.3. The molecule has 0 unspecified atom stereocenters. The molecule has 0 aromatic heterocycles. The Bertz CT molecular complexity index is 629. The average Bonchev–Trinajstić information content (AvgIpc) is 2.75. The van der Waals surface area contributed by atoms with Crippen molar-refractivity contribution in [1.29, 1.82) is 0 Å². The fraction of sp³-hybridized carbons (Fsp3) is 0.250. The molecule has 3 aromatic rings. The second-order valence-electron chi connectivity index (χ2n) is 5.94. The number of hydrogen-bond donors (Lipinski definition) is 0.